The van der Waals surface area contributed by atoms with Crippen LogP contribution in [0.3, 0.4) is 0 Å². The maximum Gasteiger partial charge on any atom is 0.237 e. The van der Waals surface area contributed by atoms with Gasteiger partial charge in [-0.3, -0.25) is 4.79 Å². The Bertz CT molecular complexity index is 405. The Hall–Kier alpha value is -1.35. The lowest BCUT2D eigenvalue weighted by Crippen LogP contribution is -2.48. The van der Waals surface area contributed by atoms with Gasteiger partial charge < -0.3 is 10.6 Å². The molecule has 0 spiro atoms. The number of piperidine rings is 1. The Balaban J connectivity index is 1.65. The summed E-state index contributed by atoms with van der Waals surface area (Å²) in [6, 6.07) is 10.4. The van der Waals surface area contributed by atoms with Crippen molar-refractivity contribution in [3.63, 3.8) is 0 Å². The standard InChI is InChI=1S/C17H26N2O/c1-2-14-10-12-18-16(13-14)17(20)19-11-6-9-15-7-4-3-5-8-15/h3-5,7-8,14,16,18H,2,6,9-13H2,1H3,(H,19,20). The van der Waals surface area contributed by atoms with E-state index in [9.17, 15) is 4.79 Å². The van der Waals surface area contributed by atoms with Gasteiger partial charge >= 0.3 is 0 Å². The second-order valence-electron chi connectivity index (χ2n) is 5.69. The molecule has 2 N–H and O–H groups in total. The first-order chi connectivity index (χ1) is 9.79. The number of carbonyl (C=O) groups is 1. The monoisotopic (exact) mass is 274 g/mol. The zero-order valence-electron chi connectivity index (χ0n) is 12.4. The van der Waals surface area contributed by atoms with Crippen LogP contribution < -0.4 is 10.6 Å². The third kappa shape index (κ3) is 4.64. The maximum atomic E-state index is 12.1. The molecule has 1 heterocycles. The molecule has 1 aliphatic rings. The van der Waals surface area contributed by atoms with Crippen LogP contribution in [0.4, 0.5) is 0 Å². The molecule has 0 radical (unpaired) electrons. The number of hydrogen-bond acceptors (Lipinski definition) is 2. The van der Waals surface area contributed by atoms with Gasteiger partial charge in [0.15, 0.2) is 0 Å². The van der Waals surface area contributed by atoms with Gasteiger partial charge in [-0.2, -0.15) is 0 Å². The Kier molecular flexibility index (Phi) is 6.06. The molecule has 20 heavy (non-hydrogen) atoms. The van der Waals surface area contributed by atoms with Crippen molar-refractivity contribution in [3.8, 4) is 0 Å². The SMILES string of the molecule is CCC1CCNC(C(=O)NCCCc2ccccc2)C1. The lowest BCUT2D eigenvalue weighted by Gasteiger charge is -2.28. The number of rotatable bonds is 6. The first-order valence-electron chi connectivity index (χ1n) is 7.84. The Morgan fingerprint density at radius 3 is 2.90 bits per heavy atom. The minimum Gasteiger partial charge on any atom is -0.355 e. The Morgan fingerprint density at radius 1 is 1.35 bits per heavy atom. The predicted molar refractivity (Wildman–Crippen MR) is 82.6 cm³/mol. The van der Waals surface area contributed by atoms with Crippen LogP contribution in [0.15, 0.2) is 30.3 Å². The van der Waals surface area contributed by atoms with Crippen molar-refractivity contribution < 1.29 is 4.79 Å². The first-order valence-corrected chi connectivity index (χ1v) is 7.84. The molecule has 1 saturated heterocycles. The fourth-order valence-electron chi connectivity index (χ4n) is 2.84. The molecule has 1 fully saturated rings. The summed E-state index contributed by atoms with van der Waals surface area (Å²) in [5, 5.41) is 6.40. The summed E-state index contributed by atoms with van der Waals surface area (Å²) in [7, 11) is 0. The average molecular weight is 274 g/mol. The lowest BCUT2D eigenvalue weighted by atomic mass is 9.90. The van der Waals surface area contributed by atoms with Crippen LogP contribution in [0.25, 0.3) is 0 Å². The van der Waals surface area contributed by atoms with Gasteiger partial charge in [0.2, 0.25) is 5.91 Å². The molecule has 0 saturated carbocycles. The lowest BCUT2D eigenvalue weighted by molar-refractivity contribution is -0.124. The van der Waals surface area contributed by atoms with Crippen LogP contribution in [-0.4, -0.2) is 25.0 Å². The third-order valence-electron chi connectivity index (χ3n) is 4.19. The van der Waals surface area contributed by atoms with Gasteiger partial charge in [-0.05, 0) is 43.7 Å². The molecular weight excluding hydrogens is 248 g/mol. The van der Waals surface area contributed by atoms with E-state index in [1.807, 2.05) is 6.07 Å². The fourth-order valence-corrected chi connectivity index (χ4v) is 2.84. The maximum absolute atomic E-state index is 12.1. The number of carbonyl (C=O) groups excluding carboxylic acids is 1. The number of amides is 1. The Morgan fingerprint density at radius 2 is 2.15 bits per heavy atom. The zero-order chi connectivity index (χ0) is 14.2. The topological polar surface area (TPSA) is 41.1 Å². The summed E-state index contributed by atoms with van der Waals surface area (Å²) < 4.78 is 0. The quantitative estimate of drug-likeness (QED) is 0.783. The van der Waals surface area contributed by atoms with Crippen LogP contribution >= 0.6 is 0 Å². The molecule has 2 unspecified atom stereocenters. The molecule has 0 bridgehead atoms. The third-order valence-corrected chi connectivity index (χ3v) is 4.19. The van der Waals surface area contributed by atoms with E-state index in [-0.39, 0.29) is 11.9 Å². The molecule has 1 aliphatic heterocycles. The molecule has 1 aromatic rings. The summed E-state index contributed by atoms with van der Waals surface area (Å²) in [5.41, 5.74) is 1.34. The second kappa shape index (κ2) is 8.05. The highest BCUT2D eigenvalue weighted by molar-refractivity contribution is 5.81. The van der Waals surface area contributed by atoms with Crippen LogP contribution in [0.5, 0.6) is 0 Å². The van der Waals surface area contributed by atoms with Crippen molar-refractivity contribution in [1.29, 1.82) is 0 Å². The zero-order valence-corrected chi connectivity index (χ0v) is 12.4. The summed E-state index contributed by atoms with van der Waals surface area (Å²) in [4.78, 5) is 12.1. The van der Waals surface area contributed by atoms with Gasteiger partial charge in [0, 0.05) is 6.54 Å². The van der Waals surface area contributed by atoms with E-state index < -0.39 is 0 Å². The normalized spacial score (nSPS) is 22.4. The van der Waals surface area contributed by atoms with E-state index in [0.717, 1.165) is 32.4 Å². The van der Waals surface area contributed by atoms with Gasteiger partial charge in [0.1, 0.15) is 0 Å². The van der Waals surface area contributed by atoms with E-state index in [4.69, 9.17) is 0 Å². The number of benzene rings is 1. The van der Waals surface area contributed by atoms with Crippen molar-refractivity contribution in [2.45, 2.75) is 45.1 Å². The van der Waals surface area contributed by atoms with Crippen LogP contribution in [-0.2, 0) is 11.2 Å². The molecular formula is C17H26N2O. The molecule has 110 valence electrons. The largest absolute Gasteiger partial charge is 0.355 e. The van der Waals surface area contributed by atoms with Crippen LogP contribution in [0.2, 0.25) is 0 Å². The fraction of sp³-hybridized carbons (Fsp3) is 0.588. The van der Waals surface area contributed by atoms with Crippen molar-refractivity contribution in [2.24, 2.45) is 5.92 Å². The van der Waals surface area contributed by atoms with Crippen molar-refractivity contribution >= 4 is 5.91 Å². The highest BCUT2D eigenvalue weighted by atomic mass is 16.2. The first kappa shape index (κ1) is 15.0. The van der Waals surface area contributed by atoms with Crippen molar-refractivity contribution in [1.82, 2.24) is 10.6 Å². The minimum absolute atomic E-state index is 0.0189. The number of hydrogen-bond donors (Lipinski definition) is 2. The van der Waals surface area contributed by atoms with Crippen LogP contribution in [0.1, 0.15) is 38.2 Å². The molecule has 0 aromatic heterocycles. The molecule has 3 nitrogen and oxygen atoms in total. The number of nitrogens with one attached hydrogen (secondary N) is 2. The molecule has 1 amide bonds. The van der Waals surface area contributed by atoms with Gasteiger partial charge in [-0.15, -0.1) is 0 Å². The molecule has 2 atom stereocenters. The van der Waals surface area contributed by atoms with E-state index in [0.29, 0.717) is 5.92 Å². The van der Waals surface area contributed by atoms with E-state index in [1.54, 1.807) is 0 Å². The van der Waals surface area contributed by atoms with Crippen molar-refractivity contribution in [2.75, 3.05) is 13.1 Å². The highest BCUT2D eigenvalue weighted by Gasteiger charge is 2.25. The smallest absolute Gasteiger partial charge is 0.237 e. The number of aryl methyl sites for hydroxylation is 1. The molecule has 2 rings (SSSR count). The average Bonchev–Trinajstić information content (AvgIpc) is 2.52. The van der Waals surface area contributed by atoms with Gasteiger partial charge in [-0.1, -0.05) is 43.7 Å². The summed E-state index contributed by atoms with van der Waals surface area (Å²) in [6.07, 6.45) is 5.39. The minimum atomic E-state index is 0.0189. The Labute approximate surface area is 122 Å². The van der Waals surface area contributed by atoms with Gasteiger partial charge in [-0.25, -0.2) is 0 Å². The molecule has 1 aromatic carbocycles. The van der Waals surface area contributed by atoms with E-state index in [1.165, 1.54) is 18.4 Å². The van der Waals surface area contributed by atoms with Gasteiger partial charge in [0.05, 0.1) is 6.04 Å². The van der Waals surface area contributed by atoms with Crippen LogP contribution in [0, 0.1) is 5.92 Å². The van der Waals surface area contributed by atoms with E-state index >= 15 is 0 Å². The van der Waals surface area contributed by atoms with Crippen molar-refractivity contribution in [3.05, 3.63) is 35.9 Å². The van der Waals surface area contributed by atoms with E-state index in [2.05, 4.69) is 41.8 Å². The highest BCUT2D eigenvalue weighted by Crippen LogP contribution is 2.19. The summed E-state index contributed by atoms with van der Waals surface area (Å²) in [5.74, 6) is 0.882. The molecule has 0 aliphatic carbocycles. The van der Waals surface area contributed by atoms with Gasteiger partial charge in [0.25, 0.3) is 0 Å². The molecule has 3 heteroatoms. The predicted octanol–water partition coefficient (Wildman–Crippen LogP) is 2.51. The summed E-state index contributed by atoms with van der Waals surface area (Å²) >= 11 is 0. The second-order valence-corrected chi connectivity index (χ2v) is 5.69. The summed E-state index contributed by atoms with van der Waals surface area (Å²) in [6.45, 7) is 3.95.